The Balaban J connectivity index is 1.58. The van der Waals surface area contributed by atoms with E-state index in [1.165, 1.54) is 12.1 Å². The summed E-state index contributed by atoms with van der Waals surface area (Å²) in [4.78, 5) is 15.0. The molecule has 2 bridgehead atoms. The molecule has 0 saturated carbocycles. The molecule has 4 heterocycles. The van der Waals surface area contributed by atoms with E-state index in [9.17, 15) is 10.0 Å². The molecule has 3 saturated heterocycles. The van der Waals surface area contributed by atoms with Gasteiger partial charge in [-0.2, -0.15) is 10.3 Å². The topological polar surface area (TPSA) is 109 Å². The molecule has 0 radical (unpaired) electrons. The van der Waals surface area contributed by atoms with Crippen molar-refractivity contribution in [2.24, 2.45) is 5.92 Å². The van der Waals surface area contributed by atoms with Crippen LogP contribution in [0.5, 0.6) is 0 Å². The molecule has 3 fully saturated rings. The van der Waals surface area contributed by atoms with Gasteiger partial charge in [0.05, 0.1) is 5.52 Å². The number of aromatic amines is 1. The minimum atomic E-state index is -1.02. The smallest absolute Gasteiger partial charge is 0.272 e. The zero-order valence-electron chi connectivity index (χ0n) is 12.6. The first kappa shape index (κ1) is 14.6. The van der Waals surface area contributed by atoms with Gasteiger partial charge in [-0.1, -0.05) is 0 Å². The SMILES string of the molecule is O=C(N[C@@H]1CN2CCC1CC2)c1n[nH]c2ccc([NH+]([O-])O)cc12. The number of nitrogens with one attached hydrogen (secondary N) is 3. The molecule has 8 nitrogen and oxygen atoms in total. The number of aromatic nitrogens is 2. The lowest BCUT2D eigenvalue weighted by Crippen LogP contribution is -2.99. The Morgan fingerprint density at radius 2 is 2.22 bits per heavy atom. The summed E-state index contributed by atoms with van der Waals surface area (Å²) >= 11 is 0. The largest absolute Gasteiger partial charge is 0.595 e. The molecule has 122 valence electrons. The number of benzene rings is 1. The molecule has 4 N–H and O–H groups in total. The summed E-state index contributed by atoms with van der Waals surface area (Å²) in [5, 5.41) is 29.7. The first-order valence-electron chi connectivity index (χ1n) is 7.86. The molecule has 1 unspecified atom stereocenters. The predicted molar refractivity (Wildman–Crippen MR) is 82.3 cm³/mol. The third-order valence-electron chi connectivity index (χ3n) is 5.00. The van der Waals surface area contributed by atoms with E-state index in [2.05, 4.69) is 20.4 Å². The number of H-pyrrole nitrogens is 1. The van der Waals surface area contributed by atoms with Crippen LogP contribution in [0.25, 0.3) is 10.9 Å². The molecule has 0 spiro atoms. The molecule has 3 aliphatic heterocycles. The van der Waals surface area contributed by atoms with E-state index >= 15 is 0 Å². The van der Waals surface area contributed by atoms with Crippen LogP contribution in [-0.2, 0) is 0 Å². The van der Waals surface area contributed by atoms with Gasteiger partial charge >= 0.3 is 0 Å². The van der Waals surface area contributed by atoms with Crippen molar-refractivity contribution in [3.63, 3.8) is 0 Å². The summed E-state index contributed by atoms with van der Waals surface area (Å²) in [6, 6.07) is 4.78. The second-order valence-electron chi connectivity index (χ2n) is 6.36. The summed E-state index contributed by atoms with van der Waals surface area (Å²) in [5.41, 5.74) is 1.07. The predicted octanol–water partition coefficient (Wildman–Crippen LogP) is -0.210. The van der Waals surface area contributed by atoms with Gasteiger partial charge in [-0.15, -0.1) is 0 Å². The molecule has 1 aromatic carbocycles. The average molecular weight is 317 g/mol. The van der Waals surface area contributed by atoms with Gasteiger partial charge < -0.3 is 15.4 Å². The Hall–Kier alpha value is -2.00. The highest BCUT2D eigenvalue weighted by Crippen LogP contribution is 2.28. The number of amides is 1. The minimum absolute atomic E-state index is 0.149. The summed E-state index contributed by atoms with van der Waals surface area (Å²) in [6.07, 6.45) is 2.24. The second-order valence-corrected chi connectivity index (χ2v) is 6.36. The Morgan fingerprint density at radius 1 is 1.43 bits per heavy atom. The minimum Gasteiger partial charge on any atom is -0.595 e. The molecule has 3 aliphatic rings. The van der Waals surface area contributed by atoms with Crippen molar-refractivity contribution in [1.82, 2.24) is 20.4 Å². The van der Waals surface area contributed by atoms with Gasteiger partial charge in [0.2, 0.25) is 0 Å². The van der Waals surface area contributed by atoms with E-state index in [4.69, 9.17) is 5.21 Å². The van der Waals surface area contributed by atoms with Gasteiger partial charge in [-0.3, -0.25) is 9.89 Å². The summed E-state index contributed by atoms with van der Waals surface area (Å²) in [5.74, 6) is 0.293. The second kappa shape index (κ2) is 5.57. The van der Waals surface area contributed by atoms with Crippen molar-refractivity contribution in [1.29, 1.82) is 0 Å². The maximum Gasteiger partial charge on any atom is 0.272 e. The third-order valence-corrected chi connectivity index (χ3v) is 5.00. The number of quaternary nitrogens is 1. The van der Waals surface area contributed by atoms with Crippen molar-refractivity contribution < 1.29 is 15.2 Å². The third kappa shape index (κ3) is 2.59. The molecular formula is C15H19N5O3. The van der Waals surface area contributed by atoms with Crippen LogP contribution < -0.4 is 10.5 Å². The van der Waals surface area contributed by atoms with Crippen molar-refractivity contribution in [2.45, 2.75) is 18.9 Å². The van der Waals surface area contributed by atoms with Crippen LogP contribution in [0.4, 0.5) is 5.69 Å². The van der Waals surface area contributed by atoms with Crippen molar-refractivity contribution >= 4 is 22.5 Å². The Labute approximate surface area is 132 Å². The van der Waals surface area contributed by atoms with Gasteiger partial charge in [0.25, 0.3) is 5.91 Å². The molecule has 2 aromatic rings. The van der Waals surface area contributed by atoms with Crippen LogP contribution in [0.3, 0.4) is 0 Å². The van der Waals surface area contributed by atoms with Crippen molar-refractivity contribution in [3.05, 3.63) is 29.1 Å². The molecule has 0 aliphatic carbocycles. The fraction of sp³-hybridized carbons (Fsp3) is 0.467. The number of piperidine rings is 3. The van der Waals surface area contributed by atoms with E-state index in [0.29, 0.717) is 16.8 Å². The molecule has 23 heavy (non-hydrogen) atoms. The van der Waals surface area contributed by atoms with Crippen LogP contribution in [0.15, 0.2) is 18.2 Å². The van der Waals surface area contributed by atoms with Crippen LogP contribution in [-0.4, -0.2) is 51.9 Å². The highest BCUT2D eigenvalue weighted by molar-refractivity contribution is 6.05. The van der Waals surface area contributed by atoms with E-state index in [0.717, 1.165) is 32.5 Å². The van der Waals surface area contributed by atoms with Crippen LogP contribution in [0.1, 0.15) is 23.3 Å². The van der Waals surface area contributed by atoms with Crippen molar-refractivity contribution in [3.8, 4) is 0 Å². The number of carbonyl (C=O) groups excluding carboxylic acids is 1. The van der Waals surface area contributed by atoms with E-state index in [-0.39, 0.29) is 23.3 Å². The normalized spacial score (nSPS) is 28.0. The quantitative estimate of drug-likeness (QED) is 0.586. The van der Waals surface area contributed by atoms with Gasteiger partial charge in [0.15, 0.2) is 11.4 Å². The van der Waals surface area contributed by atoms with E-state index in [1.807, 2.05) is 0 Å². The van der Waals surface area contributed by atoms with Gasteiger partial charge in [-0.05, 0) is 37.9 Å². The standard InChI is InChI=1S/C15H19N5O3/c21-15(16-13-8-19-5-3-9(13)4-6-19)14-11-7-10(20(22)23)1-2-12(11)17-18-14/h1-2,7,9,13,20,22H,3-6,8H2,(H,16,21)(H,17,18)/t13-/m1/s1. The van der Waals surface area contributed by atoms with Gasteiger partial charge in [0, 0.05) is 30.1 Å². The highest BCUT2D eigenvalue weighted by atomic mass is 16.8. The zero-order chi connectivity index (χ0) is 16.0. The van der Waals surface area contributed by atoms with Gasteiger partial charge in [0.1, 0.15) is 0 Å². The lowest BCUT2D eigenvalue weighted by molar-refractivity contribution is -0.991. The monoisotopic (exact) mass is 317 g/mol. The number of rotatable bonds is 3. The van der Waals surface area contributed by atoms with Crippen LogP contribution in [0.2, 0.25) is 0 Å². The van der Waals surface area contributed by atoms with Crippen LogP contribution >= 0.6 is 0 Å². The fourth-order valence-corrected chi connectivity index (χ4v) is 3.69. The lowest BCUT2D eigenvalue weighted by atomic mass is 9.84. The number of carbonyl (C=O) groups is 1. The average Bonchev–Trinajstić information content (AvgIpc) is 2.99. The maximum atomic E-state index is 12.6. The Kier molecular flexibility index (Phi) is 3.53. The maximum absolute atomic E-state index is 12.6. The Bertz CT molecular complexity index is 736. The molecule has 1 aromatic heterocycles. The summed E-state index contributed by atoms with van der Waals surface area (Å²) in [7, 11) is 0. The van der Waals surface area contributed by atoms with Gasteiger partial charge in [-0.25, -0.2) is 5.21 Å². The highest BCUT2D eigenvalue weighted by Gasteiger charge is 2.35. The van der Waals surface area contributed by atoms with Crippen LogP contribution in [0, 0.1) is 11.1 Å². The zero-order valence-corrected chi connectivity index (χ0v) is 12.6. The first-order valence-corrected chi connectivity index (χ1v) is 7.86. The summed E-state index contributed by atoms with van der Waals surface area (Å²) in [6.45, 7) is 3.12. The molecule has 5 rings (SSSR count). The number of hydrogen-bond acceptors (Lipinski definition) is 5. The number of fused-ring (bicyclic) bond motifs is 4. The van der Waals surface area contributed by atoms with E-state index < -0.39 is 5.23 Å². The number of nitrogens with zero attached hydrogens (tertiary/aromatic N) is 2. The molecular weight excluding hydrogens is 298 g/mol. The molecule has 1 amide bonds. The number of hydrogen-bond donors (Lipinski definition) is 4. The summed E-state index contributed by atoms with van der Waals surface area (Å²) < 4.78 is 0. The molecule has 2 atom stereocenters. The van der Waals surface area contributed by atoms with Crippen molar-refractivity contribution in [2.75, 3.05) is 19.6 Å². The van der Waals surface area contributed by atoms with E-state index in [1.54, 1.807) is 6.07 Å². The Morgan fingerprint density at radius 3 is 2.87 bits per heavy atom. The molecule has 8 heteroatoms. The first-order chi connectivity index (χ1) is 11.1. The fourth-order valence-electron chi connectivity index (χ4n) is 3.69. The lowest BCUT2D eigenvalue weighted by Gasteiger charge is -2.44.